The highest BCUT2D eigenvalue weighted by Crippen LogP contribution is 2.27. The van der Waals surface area contributed by atoms with Gasteiger partial charge < -0.3 is 20.2 Å². The van der Waals surface area contributed by atoms with Crippen LogP contribution in [0.15, 0.2) is 123 Å². The highest BCUT2D eigenvalue weighted by molar-refractivity contribution is 7.98. The summed E-state index contributed by atoms with van der Waals surface area (Å²) in [6.45, 7) is 4.22. The molecule has 2 amide bonds. The van der Waals surface area contributed by atoms with E-state index in [0.29, 0.717) is 39.5 Å². The topological polar surface area (TPSA) is 109 Å². The van der Waals surface area contributed by atoms with Crippen LogP contribution in [-0.4, -0.2) is 16.9 Å². The van der Waals surface area contributed by atoms with E-state index in [1.807, 2.05) is 36.4 Å². The summed E-state index contributed by atoms with van der Waals surface area (Å²) in [4.78, 5) is 39.7. The number of thioether (sulfide) groups is 1. The minimum Gasteiger partial charge on any atom is -0.508 e. The van der Waals surface area contributed by atoms with Gasteiger partial charge in [-0.25, -0.2) is 4.79 Å². The summed E-state index contributed by atoms with van der Waals surface area (Å²) >= 11 is 1.42. The average Bonchev–Trinajstić information content (AvgIpc) is 3.00. The largest absolute Gasteiger partial charge is 0.508 e. The lowest BCUT2D eigenvalue weighted by Gasteiger charge is -2.13. The molecule has 0 aliphatic heterocycles. The van der Waals surface area contributed by atoms with Crippen molar-refractivity contribution >= 4 is 46.3 Å². The molecule has 8 heteroatoms. The Morgan fingerprint density at radius 2 is 1.67 bits per heavy atom. The second-order valence-electron chi connectivity index (χ2n) is 10.3. The standard InChI is InChI=1S/C35H30N2O5S/c1-22(2)24-13-11-23(12-14-24)17-31(37-33(39)25-7-4-3-5-8-25)34(40)36-28-9-6-10-30(19-28)43-21-27-18-26-15-16-29(38)20-32(26)42-35(27)41/h3-20,22,38H,21H2,1-2H3,(H,36,40)(H,37,39)/b31-17-. The van der Waals surface area contributed by atoms with E-state index in [4.69, 9.17) is 4.42 Å². The van der Waals surface area contributed by atoms with E-state index < -0.39 is 17.4 Å². The van der Waals surface area contributed by atoms with E-state index in [1.54, 1.807) is 60.7 Å². The van der Waals surface area contributed by atoms with Gasteiger partial charge in [-0.15, -0.1) is 11.8 Å². The molecular weight excluding hydrogens is 560 g/mol. The Kier molecular flexibility index (Phi) is 9.08. The number of carbonyl (C=O) groups is 2. The van der Waals surface area contributed by atoms with E-state index >= 15 is 0 Å². The van der Waals surface area contributed by atoms with Crippen LogP contribution in [0.3, 0.4) is 0 Å². The SMILES string of the molecule is CC(C)c1ccc(/C=C(\NC(=O)c2ccccc2)C(=O)Nc2cccc(SCc3cc4ccc(O)cc4oc3=O)c2)cc1. The number of hydrogen-bond donors (Lipinski definition) is 3. The zero-order valence-corrected chi connectivity index (χ0v) is 24.5. The van der Waals surface area contributed by atoms with Crippen molar-refractivity contribution in [1.29, 1.82) is 0 Å². The van der Waals surface area contributed by atoms with Gasteiger partial charge in [0.25, 0.3) is 11.8 Å². The van der Waals surface area contributed by atoms with Crippen LogP contribution < -0.4 is 16.3 Å². The third-order valence-electron chi connectivity index (χ3n) is 6.72. The fraction of sp³-hybridized carbons (Fsp3) is 0.114. The highest BCUT2D eigenvalue weighted by Gasteiger charge is 2.16. The quantitative estimate of drug-likeness (QED) is 0.0943. The van der Waals surface area contributed by atoms with Crippen LogP contribution in [0.25, 0.3) is 17.0 Å². The van der Waals surface area contributed by atoms with Gasteiger partial charge >= 0.3 is 5.63 Å². The van der Waals surface area contributed by atoms with Crippen molar-refractivity contribution in [2.24, 2.45) is 0 Å². The Labute approximate surface area is 253 Å². The predicted molar refractivity (Wildman–Crippen MR) is 171 cm³/mol. The molecule has 0 unspecified atom stereocenters. The highest BCUT2D eigenvalue weighted by atomic mass is 32.2. The van der Waals surface area contributed by atoms with E-state index in [1.165, 1.54) is 29.5 Å². The predicted octanol–water partition coefficient (Wildman–Crippen LogP) is 7.32. The van der Waals surface area contributed by atoms with Gasteiger partial charge in [0, 0.05) is 38.9 Å². The summed E-state index contributed by atoms with van der Waals surface area (Å²) in [5.41, 5.74) is 3.35. The number of hydrogen-bond acceptors (Lipinski definition) is 6. The Bertz CT molecular complexity index is 1860. The van der Waals surface area contributed by atoms with Crippen LogP contribution in [0.4, 0.5) is 5.69 Å². The Morgan fingerprint density at radius 1 is 0.907 bits per heavy atom. The molecule has 3 N–H and O–H groups in total. The zero-order valence-electron chi connectivity index (χ0n) is 23.7. The third kappa shape index (κ3) is 7.61. The van der Waals surface area contributed by atoms with Crippen LogP contribution in [0.1, 0.15) is 46.8 Å². The van der Waals surface area contributed by atoms with Crippen molar-refractivity contribution in [1.82, 2.24) is 5.32 Å². The molecule has 0 spiro atoms. The minimum atomic E-state index is -0.474. The number of nitrogens with one attached hydrogen (secondary N) is 2. The van der Waals surface area contributed by atoms with Gasteiger partial charge in [-0.1, -0.05) is 62.4 Å². The zero-order chi connectivity index (χ0) is 30.3. The second kappa shape index (κ2) is 13.3. The van der Waals surface area contributed by atoms with Crippen molar-refractivity contribution < 1.29 is 19.1 Å². The molecular formula is C35H30N2O5S. The minimum absolute atomic E-state index is 0.0262. The van der Waals surface area contributed by atoms with E-state index in [2.05, 4.69) is 24.5 Å². The molecule has 0 saturated carbocycles. The molecule has 4 aromatic carbocycles. The van der Waals surface area contributed by atoms with Gasteiger partial charge in [-0.2, -0.15) is 0 Å². The van der Waals surface area contributed by atoms with Gasteiger partial charge in [0.05, 0.1) is 0 Å². The van der Waals surface area contributed by atoms with Gasteiger partial charge in [-0.3, -0.25) is 9.59 Å². The third-order valence-corrected chi connectivity index (χ3v) is 7.76. The van der Waals surface area contributed by atoms with Crippen LogP contribution in [-0.2, 0) is 10.5 Å². The number of aromatic hydroxyl groups is 1. The summed E-state index contributed by atoms with van der Waals surface area (Å²) < 4.78 is 5.37. The van der Waals surface area contributed by atoms with Gasteiger partial charge in [-0.05, 0) is 71.7 Å². The van der Waals surface area contributed by atoms with Crippen molar-refractivity contribution in [3.8, 4) is 5.75 Å². The maximum Gasteiger partial charge on any atom is 0.340 e. The molecule has 5 rings (SSSR count). The van der Waals surface area contributed by atoms with Crippen molar-refractivity contribution in [2.45, 2.75) is 30.4 Å². The number of carbonyl (C=O) groups excluding carboxylic acids is 2. The monoisotopic (exact) mass is 590 g/mol. The fourth-order valence-corrected chi connectivity index (χ4v) is 5.26. The number of phenols is 1. The van der Waals surface area contributed by atoms with Crippen LogP contribution in [0.5, 0.6) is 5.75 Å². The molecule has 1 aromatic heterocycles. The van der Waals surface area contributed by atoms with Gasteiger partial charge in [0.15, 0.2) is 0 Å². The summed E-state index contributed by atoms with van der Waals surface area (Å²) in [5, 5.41) is 16.0. The lowest BCUT2D eigenvalue weighted by molar-refractivity contribution is -0.113. The molecule has 216 valence electrons. The molecule has 0 bridgehead atoms. The van der Waals surface area contributed by atoms with Crippen LogP contribution in [0.2, 0.25) is 0 Å². The number of fused-ring (bicyclic) bond motifs is 1. The first-order chi connectivity index (χ1) is 20.7. The Hall–Kier alpha value is -5.08. The average molecular weight is 591 g/mol. The number of amides is 2. The fourth-order valence-electron chi connectivity index (χ4n) is 4.35. The molecule has 1 heterocycles. The number of phenolic OH excluding ortho intramolecular Hbond substituents is 1. The number of benzene rings is 4. The Morgan fingerprint density at radius 3 is 2.42 bits per heavy atom. The number of rotatable bonds is 9. The molecule has 0 atom stereocenters. The summed E-state index contributed by atoms with van der Waals surface area (Å²) in [6, 6.07) is 30.2. The first-order valence-corrected chi connectivity index (χ1v) is 14.7. The van der Waals surface area contributed by atoms with E-state index in [9.17, 15) is 19.5 Å². The van der Waals surface area contributed by atoms with Crippen molar-refractivity contribution in [2.75, 3.05) is 5.32 Å². The smallest absolute Gasteiger partial charge is 0.340 e. The molecule has 0 aliphatic carbocycles. The lowest BCUT2D eigenvalue weighted by Crippen LogP contribution is -2.30. The maximum absolute atomic E-state index is 13.5. The normalized spacial score (nSPS) is 11.5. The molecule has 0 fully saturated rings. The van der Waals surface area contributed by atoms with E-state index in [0.717, 1.165) is 10.5 Å². The molecule has 7 nitrogen and oxygen atoms in total. The second-order valence-corrected chi connectivity index (χ2v) is 11.3. The van der Waals surface area contributed by atoms with Crippen molar-refractivity contribution in [3.05, 3.63) is 141 Å². The van der Waals surface area contributed by atoms with Crippen molar-refractivity contribution in [3.63, 3.8) is 0 Å². The summed E-state index contributed by atoms with van der Waals surface area (Å²) in [6.07, 6.45) is 1.65. The van der Waals surface area contributed by atoms with Crippen LogP contribution in [0, 0.1) is 0 Å². The molecule has 0 saturated heterocycles. The van der Waals surface area contributed by atoms with Crippen LogP contribution >= 0.6 is 11.8 Å². The molecule has 5 aromatic rings. The molecule has 0 radical (unpaired) electrons. The number of anilines is 1. The Balaban J connectivity index is 1.33. The summed E-state index contributed by atoms with van der Waals surface area (Å²) in [5.74, 6) is -0.124. The lowest BCUT2D eigenvalue weighted by atomic mass is 10.0. The first-order valence-electron chi connectivity index (χ1n) is 13.7. The summed E-state index contributed by atoms with van der Waals surface area (Å²) in [7, 11) is 0. The molecule has 0 aliphatic rings. The maximum atomic E-state index is 13.5. The van der Waals surface area contributed by atoms with E-state index in [-0.39, 0.29) is 11.4 Å². The molecule has 43 heavy (non-hydrogen) atoms. The first kappa shape index (κ1) is 29.4. The van der Waals surface area contributed by atoms with Gasteiger partial charge in [0.2, 0.25) is 0 Å². The van der Waals surface area contributed by atoms with Gasteiger partial charge in [0.1, 0.15) is 17.0 Å².